The average Bonchev–Trinajstić information content (AvgIpc) is 2.30. The molecule has 0 aliphatic rings. The Kier molecular flexibility index (Phi) is 5.31. The van der Waals surface area contributed by atoms with E-state index in [1.807, 2.05) is 0 Å². The average molecular weight is 351 g/mol. The molecule has 0 saturated carbocycles. The van der Waals surface area contributed by atoms with Gasteiger partial charge in [-0.2, -0.15) is 13.5 Å². The first-order chi connectivity index (χ1) is 8.81. The van der Waals surface area contributed by atoms with Gasteiger partial charge in [0.1, 0.15) is 0 Å². The maximum Gasteiger partial charge on any atom is 0.427 e. The normalized spacial score (nSPS) is 11.3. The van der Waals surface area contributed by atoms with Crippen LogP contribution in [0.15, 0.2) is 27.8 Å². The Morgan fingerprint density at radius 2 is 2.16 bits per heavy atom. The summed E-state index contributed by atoms with van der Waals surface area (Å²) in [5.74, 6) is 0.0983. The SMILES string of the molecule is COC(=O)N/N=C/c1cc(Br)ccc1OS(C)(=O)=O. The summed E-state index contributed by atoms with van der Waals surface area (Å²) in [4.78, 5) is 10.8. The Morgan fingerprint density at radius 1 is 1.47 bits per heavy atom. The van der Waals surface area contributed by atoms with Crippen molar-refractivity contribution in [3.8, 4) is 5.75 Å². The van der Waals surface area contributed by atoms with Crippen LogP contribution in [0.25, 0.3) is 0 Å². The van der Waals surface area contributed by atoms with Gasteiger partial charge in [-0.1, -0.05) is 15.9 Å². The summed E-state index contributed by atoms with van der Waals surface area (Å²) >= 11 is 3.23. The standard InChI is InChI=1S/C10H11BrN2O5S/c1-17-10(14)13-12-6-7-5-8(11)3-4-9(7)18-19(2,15)16/h3-6H,1-2H3,(H,13,14)/b12-6+. The number of halogens is 1. The zero-order valence-electron chi connectivity index (χ0n) is 10.1. The molecule has 1 aromatic rings. The molecule has 9 heteroatoms. The van der Waals surface area contributed by atoms with Crippen molar-refractivity contribution in [2.75, 3.05) is 13.4 Å². The second-order valence-electron chi connectivity index (χ2n) is 3.33. The molecule has 7 nitrogen and oxygen atoms in total. The summed E-state index contributed by atoms with van der Waals surface area (Å²) in [6.07, 6.45) is 1.43. The topological polar surface area (TPSA) is 94.1 Å². The van der Waals surface area contributed by atoms with E-state index < -0.39 is 16.2 Å². The van der Waals surface area contributed by atoms with Gasteiger partial charge in [0.2, 0.25) is 0 Å². The number of hydrogen-bond donors (Lipinski definition) is 1. The van der Waals surface area contributed by atoms with Crippen LogP contribution < -0.4 is 9.61 Å². The lowest BCUT2D eigenvalue weighted by molar-refractivity contribution is 0.171. The number of rotatable bonds is 4. The lowest BCUT2D eigenvalue weighted by Gasteiger charge is -2.06. The quantitative estimate of drug-likeness (QED) is 0.504. The van der Waals surface area contributed by atoms with Crippen molar-refractivity contribution >= 4 is 38.4 Å². The van der Waals surface area contributed by atoms with E-state index in [2.05, 4.69) is 31.2 Å². The molecule has 1 N–H and O–H groups in total. The van der Waals surface area contributed by atoms with Crippen molar-refractivity contribution in [1.82, 2.24) is 5.43 Å². The minimum Gasteiger partial charge on any atom is -0.452 e. The zero-order chi connectivity index (χ0) is 14.5. The predicted octanol–water partition coefficient (Wildman–Crippen LogP) is 1.48. The van der Waals surface area contributed by atoms with Gasteiger partial charge >= 0.3 is 16.2 Å². The summed E-state index contributed by atoms with van der Waals surface area (Å²) in [5, 5.41) is 3.60. The number of methoxy groups -OCH3 is 1. The summed E-state index contributed by atoms with van der Waals surface area (Å²) < 4.78 is 32.0. The van der Waals surface area contributed by atoms with Crippen molar-refractivity contribution in [3.63, 3.8) is 0 Å². The molecular formula is C10H11BrN2O5S. The molecule has 0 aromatic heterocycles. The maximum absolute atomic E-state index is 11.1. The van der Waals surface area contributed by atoms with Gasteiger partial charge in [0.25, 0.3) is 0 Å². The molecule has 0 fully saturated rings. The number of nitrogens with zero attached hydrogens (tertiary/aromatic N) is 1. The largest absolute Gasteiger partial charge is 0.452 e. The lowest BCUT2D eigenvalue weighted by Crippen LogP contribution is -2.17. The third-order valence-electron chi connectivity index (χ3n) is 1.76. The number of hydrogen-bond acceptors (Lipinski definition) is 6. The zero-order valence-corrected chi connectivity index (χ0v) is 12.5. The number of carbonyl (C=O) groups excluding carboxylic acids is 1. The maximum atomic E-state index is 11.1. The summed E-state index contributed by atoms with van der Waals surface area (Å²) in [7, 11) is -2.45. The Balaban J connectivity index is 2.97. The molecule has 0 atom stereocenters. The fourth-order valence-corrected chi connectivity index (χ4v) is 1.92. The molecule has 0 unspecified atom stereocenters. The van der Waals surface area contributed by atoms with E-state index in [1.165, 1.54) is 19.4 Å². The van der Waals surface area contributed by atoms with Crippen LogP contribution in [0.2, 0.25) is 0 Å². The van der Waals surface area contributed by atoms with Crippen LogP contribution in [-0.4, -0.2) is 34.1 Å². The summed E-state index contributed by atoms with van der Waals surface area (Å²) in [5.41, 5.74) is 2.45. The molecule has 1 aromatic carbocycles. The molecule has 0 aliphatic carbocycles. The molecule has 0 heterocycles. The molecule has 1 amide bonds. The highest BCUT2D eigenvalue weighted by molar-refractivity contribution is 9.10. The number of benzene rings is 1. The van der Waals surface area contributed by atoms with Gasteiger partial charge in [-0.25, -0.2) is 10.2 Å². The van der Waals surface area contributed by atoms with E-state index in [-0.39, 0.29) is 5.75 Å². The summed E-state index contributed by atoms with van der Waals surface area (Å²) in [6, 6.07) is 4.67. The molecule has 0 saturated heterocycles. The molecule has 104 valence electrons. The van der Waals surface area contributed by atoms with Crippen LogP contribution in [0.5, 0.6) is 5.75 Å². The lowest BCUT2D eigenvalue weighted by atomic mass is 10.2. The molecule has 0 radical (unpaired) electrons. The van der Waals surface area contributed by atoms with Gasteiger partial charge in [0, 0.05) is 10.0 Å². The molecular weight excluding hydrogens is 340 g/mol. The second-order valence-corrected chi connectivity index (χ2v) is 5.82. The smallest absolute Gasteiger partial charge is 0.427 e. The number of ether oxygens (including phenoxy) is 1. The highest BCUT2D eigenvalue weighted by Gasteiger charge is 2.09. The fourth-order valence-electron chi connectivity index (χ4n) is 1.06. The van der Waals surface area contributed by atoms with Gasteiger partial charge in [-0.15, -0.1) is 0 Å². The number of hydrazone groups is 1. The van der Waals surface area contributed by atoms with Crippen LogP contribution >= 0.6 is 15.9 Å². The van der Waals surface area contributed by atoms with Gasteiger partial charge < -0.3 is 8.92 Å². The van der Waals surface area contributed by atoms with Gasteiger partial charge in [0.15, 0.2) is 5.75 Å². The Bertz CT molecular complexity index is 600. The fraction of sp³-hybridized carbons (Fsp3) is 0.200. The van der Waals surface area contributed by atoms with Crippen molar-refractivity contribution in [2.45, 2.75) is 0 Å². The molecule has 0 spiro atoms. The molecule has 0 aliphatic heterocycles. The van der Waals surface area contributed by atoms with E-state index in [0.717, 1.165) is 6.26 Å². The van der Waals surface area contributed by atoms with Crippen LogP contribution in [0.4, 0.5) is 4.79 Å². The van der Waals surface area contributed by atoms with Crippen LogP contribution in [-0.2, 0) is 14.9 Å². The van der Waals surface area contributed by atoms with E-state index in [0.29, 0.717) is 10.0 Å². The highest BCUT2D eigenvalue weighted by Crippen LogP contribution is 2.22. The monoisotopic (exact) mass is 350 g/mol. The van der Waals surface area contributed by atoms with Crippen LogP contribution in [0.1, 0.15) is 5.56 Å². The number of amides is 1. The van der Waals surface area contributed by atoms with Gasteiger partial charge in [-0.3, -0.25) is 0 Å². The second kappa shape index (κ2) is 6.53. The Morgan fingerprint density at radius 3 is 2.74 bits per heavy atom. The van der Waals surface area contributed by atoms with Crippen molar-refractivity contribution in [1.29, 1.82) is 0 Å². The van der Waals surface area contributed by atoms with Crippen LogP contribution in [0.3, 0.4) is 0 Å². The van der Waals surface area contributed by atoms with Crippen molar-refractivity contribution in [3.05, 3.63) is 28.2 Å². The first kappa shape index (κ1) is 15.4. The van der Waals surface area contributed by atoms with Crippen molar-refractivity contribution < 1.29 is 22.1 Å². The van der Waals surface area contributed by atoms with E-state index in [4.69, 9.17) is 4.18 Å². The van der Waals surface area contributed by atoms with Crippen LogP contribution in [0, 0.1) is 0 Å². The van der Waals surface area contributed by atoms with E-state index in [1.54, 1.807) is 12.1 Å². The molecule has 19 heavy (non-hydrogen) atoms. The Labute approximate surface area is 118 Å². The minimum atomic E-state index is -3.65. The number of nitrogens with one attached hydrogen (secondary N) is 1. The highest BCUT2D eigenvalue weighted by atomic mass is 79.9. The summed E-state index contributed by atoms with van der Waals surface area (Å²) in [6.45, 7) is 0. The third-order valence-corrected chi connectivity index (χ3v) is 2.73. The number of carbonyl (C=O) groups is 1. The molecule has 0 bridgehead atoms. The van der Waals surface area contributed by atoms with Gasteiger partial charge in [0.05, 0.1) is 19.6 Å². The first-order valence-corrected chi connectivity index (χ1v) is 7.49. The molecule has 1 rings (SSSR count). The minimum absolute atomic E-state index is 0.0983. The van der Waals surface area contributed by atoms with Crippen molar-refractivity contribution in [2.24, 2.45) is 5.10 Å². The van der Waals surface area contributed by atoms with E-state index in [9.17, 15) is 13.2 Å². The van der Waals surface area contributed by atoms with Gasteiger partial charge in [-0.05, 0) is 18.2 Å². The predicted molar refractivity (Wildman–Crippen MR) is 72.7 cm³/mol. The first-order valence-electron chi connectivity index (χ1n) is 4.88. The third kappa shape index (κ3) is 5.71. The Hall–Kier alpha value is -1.61. The van der Waals surface area contributed by atoms with E-state index >= 15 is 0 Å².